The van der Waals surface area contributed by atoms with E-state index >= 15 is 0 Å². The van der Waals surface area contributed by atoms with Crippen molar-refractivity contribution < 1.29 is 22.4 Å². The van der Waals surface area contributed by atoms with E-state index in [0.29, 0.717) is 12.3 Å². The van der Waals surface area contributed by atoms with Crippen molar-refractivity contribution in [2.75, 3.05) is 19.5 Å². The van der Waals surface area contributed by atoms with Crippen LogP contribution in [0.4, 0.5) is 5.95 Å². The maximum atomic E-state index is 12.4. The highest BCUT2D eigenvalue weighted by Crippen LogP contribution is 2.48. The number of fused-ring (bicyclic) bond motifs is 2. The van der Waals surface area contributed by atoms with Crippen molar-refractivity contribution in [2.45, 2.75) is 102 Å². The molecule has 13 heteroatoms. The monoisotopic (exact) mass is 539 g/mol. The normalized spacial score (nSPS) is 28.2. The number of nitrogens with two attached hydrogens (primary N) is 1. The van der Waals surface area contributed by atoms with E-state index < -0.39 is 47.2 Å². The fraction of sp³-hybridized carbons (Fsp3) is 0.783. The van der Waals surface area contributed by atoms with Gasteiger partial charge in [0.25, 0.3) is 5.56 Å². The summed E-state index contributed by atoms with van der Waals surface area (Å²) in [5.41, 5.74) is 6.76. The molecule has 2 aromatic heterocycles. The van der Waals surface area contributed by atoms with Gasteiger partial charge in [-0.05, 0) is 22.2 Å². The first kappa shape index (κ1) is 27.4. The van der Waals surface area contributed by atoms with Gasteiger partial charge < -0.3 is 28.2 Å². The summed E-state index contributed by atoms with van der Waals surface area (Å²) in [5.74, 6) is 0.0101. The Kier molecular flexibility index (Phi) is 7.56. The number of hydrogen-bond acceptors (Lipinski definition) is 9. The van der Waals surface area contributed by atoms with Crippen LogP contribution in [0.3, 0.4) is 0 Å². The van der Waals surface area contributed by atoms with Gasteiger partial charge in [0.15, 0.2) is 17.4 Å². The summed E-state index contributed by atoms with van der Waals surface area (Å²) in [6.07, 6.45) is -0.422. The molecule has 0 aromatic carbocycles. The highest BCUT2D eigenvalue weighted by atomic mass is 28.5. The maximum Gasteiger partial charge on any atom is 0.335 e. The fourth-order valence-corrected chi connectivity index (χ4v) is 16.9. The van der Waals surface area contributed by atoms with Gasteiger partial charge in [-0.25, -0.2) is 4.98 Å². The van der Waals surface area contributed by atoms with Crippen molar-refractivity contribution in [1.29, 1.82) is 0 Å². The quantitative estimate of drug-likeness (QED) is 0.528. The zero-order valence-electron chi connectivity index (χ0n) is 22.8. The lowest BCUT2D eigenvalue weighted by atomic mass is 10.1. The van der Waals surface area contributed by atoms with Crippen LogP contribution in [0.1, 0.15) is 61.6 Å². The number of rotatable bonds is 6. The molecule has 3 N–H and O–H groups in total. The Bertz CT molecular complexity index is 1120. The molecule has 36 heavy (non-hydrogen) atoms. The second kappa shape index (κ2) is 9.93. The van der Waals surface area contributed by atoms with E-state index in [0.717, 1.165) is 0 Å². The van der Waals surface area contributed by atoms with Crippen molar-refractivity contribution in [3.8, 4) is 0 Å². The van der Waals surface area contributed by atoms with Crippen molar-refractivity contribution in [2.24, 2.45) is 0 Å². The van der Waals surface area contributed by atoms with E-state index in [1.54, 1.807) is 11.7 Å². The highest BCUT2D eigenvalue weighted by Gasteiger charge is 2.62. The van der Waals surface area contributed by atoms with Gasteiger partial charge in [0.2, 0.25) is 5.95 Å². The topological polar surface area (TPSA) is 136 Å². The molecule has 2 aliphatic rings. The SMILES string of the molecule is CO[C@@H]1[C@@H]2O[Si](C(C)C)(C(C)C)O[Si](C(C)C)(C(C)C)OC[C@H]2O[C@H]1n1cnc2c(=O)[nH]c(N)nc21. The molecule has 0 saturated carbocycles. The smallest absolute Gasteiger partial charge is 0.335 e. The standard InChI is InChI=1S/C23H41N5O6Si2/c1-12(2)35(13(3)4)31-10-16-18(33-36(34-35,14(5)6)15(7)8)19(30-9)22(32-16)28-11-25-17-20(28)26-23(24)27-21(17)29/h11-16,18-19,22H,10H2,1-9H3,(H3,24,26,27,29)/t16-,18-,19-,22-/m1/s1. The Morgan fingerprint density at radius 1 is 1.08 bits per heavy atom. The van der Waals surface area contributed by atoms with E-state index in [4.69, 9.17) is 28.2 Å². The molecule has 0 spiro atoms. The number of H-pyrrole nitrogens is 1. The minimum atomic E-state index is -2.85. The molecule has 2 aliphatic heterocycles. The van der Waals surface area contributed by atoms with E-state index in [1.165, 1.54) is 6.33 Å². The average Bonchev–Trinajstić information content (AvgIpc) is 3.33. The van der Waals surface area contributed by atoms with Crippen LogP contribution in [0, 0.1) is 0 Å². The number of nitrogens with one attached hydrogen (secondary N) is 1. The summed E-state index contributed by atoms with van der Waals surface area (Å²) in [6.45, 7) is 17.8. The molecule has 0 amide bonds. The van der Waals surface area contributed by atoms with E-state index in [2.05, 4.69) is 70.3 Å². The van der Waals surface area contributed by atoms with Crippen LogP contribution >= 0.6 is 0 Å². The third-order valence-electron chi connectivity index (χ3n) is 7.61. The number of ether oxygens (including phenoxy) is 2. The van der Waals surface area contributed by atoms with Gasteiger partial charge in [0, 0.05) is 7.11 Å². The van der Waals surface area contributed by atoms with Crippen LogP contribution in [-0.4, -0.2) is 68.7 Å². The largest absolute Gasteiger partial charge is 0.414 e. The molecular weight excluding hydrogens is 498 g/mol. The Morgan fingerprint density at radius 3 is 2.25 bits per heavy atom. The zero-order valence-corrected chi connectivity index (χ0v) is 24.8. The first-order chi connectivity index (χ1) is 16.9. The predicted molar refractivity (Wildman–Crippen MR) is 141 cm³/mol. The minimum Gasteiger partial charge on any atom is -0.414 e. The Balaban J connectivity index is 1.82. The number of methoxy groups -OCH3 is 1. The number of hydrogen-bond donors (Lipinski definition) is 2. The van der Waals surface area contributed by atoms with Gasteiger partial charge in [0.1, 0.15) is 18.3 Å². The third kappa shape index (κ3) is 4.27. The van der Waals surface area contributed by atoms with E-state index in [9.17, 15) is 4.79 Å². The van der Waals surface area contributed by atoms with Gasteiger partial charge in [-0.1, -0.05) is 55.4 Å². The molecule has 4 heterocycles. The molecule has 0 radical (unpaired) electrons. The first-order valence-electron chi connectivity index (χ1n) is 12.8. The van der Waals surface area contributed by atoms with Gasteiger partial charge in [-0.3, -0.25) is 14.3 Å². The Hall–Kier alpha value is -1.62. The number of imidazole rings is 1. The molecule has 0 aliphatic carbocycles. The molecule has 0 unspecified atom stereocenters. The van der Waals surface area contributed by atoms with E-state index in [-0.39, 0.29) is 33.6 Å². The van der Waals surface area contributed by atoms with Crippen LogP contribution < -0.4 is 11.3 Å². The molecular formula is C23H41N5O6Si2. The molecule has 0 bridgehead atoms. The van der Waals surface area contributed by atoms with Crippen LogP contribution in [0.2, 0.25) is 22.2 Å². The van der Waals surface area contributed by atoms with Crippen molar-refractivity contribution in [3.05, 3.63) is 16.7 Å². The third-order valence-corrected chi connectivity index (χ3v) is 17.9. The van der Waals surface area contributed by atoms with E-state index in [1.807, 2.05) is 0 Å². The molecule has 2 saturated heterocycles. The van der Waals surface area contributed by atoms with Crippen molar-refractivity contribution in [3.63, 3.8) is 0 Å². The highest BCUT2D eigenvalue weighted by molar-refractivity contribution is 6.84. The van der Waals surface area contributed by atoms with Gasteiger partial charge in [-0.15, -0.1) is 0 Å². The summed E-state index contributed by atoms with van der Waals surface area (Å²) in [5, 5.41) is 0. The van der Waals surface area contributed by atoms with Crippen molar-refractivity contribution in [1.82, 2.24) is 19.5 Å². The summed E-state index contributed by atoms with van der Waals surface area (Å²) in [4.78, 5) is 23.5. The van der Waals surface area contributed by atoms with Crippen LogP contribution in [0.15, 0.2) is 11.1 Å². The summed E-state index contributed by atoms with van der Waals surface area (Å²) < 4.78 is 35.5. The second-order valence-electron chi connectivity index (χ2n) is 11.1. The number of aromatic nitrogens is 4. The van der Waals surface area contributed by atoms with Crippen LogP contribution in [0.25, 0.3) is 11.2 Å². The van der Waals surface area contributed by atoms with Crippen LogP contribution in [0.5, 0.6) is 0 Å². The number of anilines is 1. The van der Waals surface area contributed by atoms with Crippen LogP contribution in [-0.2, 0) is 22.4 Å². The summed E-state index contributed by atoms with van der Waals surface area (Å²) in [7, 11) is -3.91. The number of nitrogen functional groups attached to an aromatic ring is 1. The molecule has 4 rings (SSSR count). The lowest BCUT2D eigenvalue weighted by Crippen LogP contribution is -2.65. The lowest BCUT2D eigenvalue weighted by molar-refractivity contribution is -0.0602. The first-order valence-corrected chi connectivity index (χ1v) is 16.7. The predicted octanol–water partition coefficient (Wildman–Crippen LogP) is 3.57. The number of aromatic amines is 1. The Labute approximate surface area is 214 Å². The molecule has 2 aromatic rings. The fourth-order valence-electron chi connectivity index (χ4n) is 5.73. The average molecular weight is 540 g/mol. The summed E-state index contributed by atoms with van der Waals surface area (Å²) in [6, 6.07) is 0. The lowest BCUT2D eigenvalue weighted by Gasteiger charge is -2.51. The number of nitrogens with zero attached hydrogens (tertiary/aromatic N) is 3. The molecule has 11 nitrogen and oxygen atoms in total. The second-order valence-corrected chi connectivity index (χ2v) is 19.9. The summed E-state index contributed by atoms with van der Waals surface area (Å²) >= 11 is 0. The molecule has 4 atom stereocenters. The molecule has 2 fully saturated rings. The van der Waals surface area contributed by atoms with Crippen molar-refractivity contribution >= 4 is 34.2 Å². The molecule has 202 valence electrons. The van der Waals surface area contributed by atoms with Gasteiger partial charge >= 0.3 is 17.1 Å². The zero-order chi connectivity index (χ0) is 26.6. The minimum absolute atomic E-state index is 0.0101. The maximum absolute atomic E-state index is 12.4. The van der Waals surface area contributed by atoms with Gasteiger partial charge in [-0.2, -0.15) is 4.98 Å². The Morgan fingerprint density at radius 2 is 1.69 bits per heavy atom. The van der Waals surface area contributed by atoms with Gasteiger partial charge in [0.05, 0.1) is 12.9 Å².